The summed E-state index contributed by atoms with van der Waals surface area (Å²) in [5.41, 5.74) is 0. The molecule has 0 spiro atoms. The van der Waals surface area contributed by atoms with Gasteiger partial charge >= 0.3 is 196 Å². The molecule has 0 fully saturated rings. The molecule has 3 aliphatic heterocycles. The van der Waals surface area contributed by atoms with Crippen molar-refractivity contribution >= 4 is 89.3 Å². The van der Waals surface area contributed by atoms with Gasteiger partial charge in [0.15, 0.2) is 0 Å². The van der Waals surface area contributed by atoms with E-state index < -0.39 is 89.3 Å². The summed E-state index contributed by atoms with van der Waals surface area (Å²) in [6, 6.07) is 0. The summed E-state index contributed by atoms with van der Waals surface area (Å²) >= 11 is -2.15. The third-order valence-corrected chi connectivity index (χ3v) is 12.5. The quantitative estimate of drug-likeness (QED) is 0.308. The van der Waals surface area contributed by atoms with Gasteiger partial charge in [0.1, 0.15) is 0 Å². The third-order valence-electron chi connectivity index (χ3n) is 3.29. The molecule has 0 amide bonds. The van der Waals surface area contributed by atoms with Gasteiger partial charge in [-0.05, 0) is 0 Å². The Bertz CT molecular complexity index is 697. The molecule has 10 heteroatoms. The summed E-state index contributed by atoms with van der Waals surface area (Å²) in [6.45, 7) is 0. The van der Waals surface area contributed by atoms with Gasteiger partial charge in [0.2, 0.25) is 0 Å². The average molecular weight is 741 g/mol. The molecule has 0 saturated carbocycles. The zero-order chi connectivity index (χ0) is 19.8. The van der Waals surface area contributed by atoms with Crippen LogP contribution in [-0.2, 0) is 28.0 Å². The maximum absolute atomic E-state index is 12.4. The molecule has 6 nitrogen and oxygen atoms in total. The monoisotopic (exact) mass is 748 g/mol. The van der Waals surface area contributed by atoms with Gasteiger partial charge in [0.05, 0.1) is 0 Å². The second-order valence-electron chi connectivity index (χ2n) is 5.26. The molecule has 3 unspecified atom stereocenters. The first-order chi connectivity index (χ1) is 13.6. The van der Waals surface area contributed by atoms with Crippen LogP contribution in [0.4, 0.5) is 0 Å². The summed E-state index contributed by atoms with van der Waals surface area (Å²) in [4.78, 5) is 37.3. The number of hydrogen-bond donors (Lipinski definition) is 0. The van der Waals surface area contributed by atoms with Crippen LogP contribution >= 0.6 is 8.60 Å². The van der Waals surface area contributed by atoms with Crippen molar-refractivity contribution in [2.45, 2.75) is 11.9 Å². The first-order valence-corrected chi connectivity index (χ1v) is 17.2. The molecule has 0 aromatic rings. The average Bonchev–Trinajstić information content (AvgIpc) is 2.75. The Kier molecular flexibility index (Phi) is 9.36. The van der Waals surface area contributed by atoms with Crippen LogP contribution in [-0.4, -0.2) is 80.7 Å². The van der Waals surface area contributed by atoms with Crippen molar-refractivity contribution in [1.29, 1.82) is 0 Å². The number of carbonyl (C=O) groups is 3. The summed E-state index contributed by atoms with van der Waals surface area (Å²) < 4.78 is 20.9. The molecule has 0 radical (unpaired) electrons. The summed E-state index contributed by atoms with van der Waals surface area (Å²) in [6.07, 6.45) is 16.4. The molecule has 3 heterocycles. The number of rotatable bonds is 6. The Morgan fingerprint density at radius 1 is 0.571 bits per heavy atom. The van der Waals surface area contributed by atoms with Gasteiger partial charge in [-0.15, -0.1) is 0 Å². The zero-order valence-electron chi connectivity index (χ0n) is 14.3. The number of carbonyl (C=O) groups excluding carboxylic acids is 3. The zero-order valence-corrected chi connectivity index (χ0v) is 22.2. The first-order valence-electron chi connectivity index (χ1n) is 8.05. The van der Waals surface area contributed by atoms with E-state index in [1.807, 2.05) is 30.6 Å². The van der Waals surface area contributed by atoms with E-state index in [4.69, 9.17) is 13.6 Å². The van der Waals surface area contributed by atoms with Crippen molar-refractivity contribution in [2.24, 2.45) is 0 Å². The minimum absolute atomic E-state index is 0.352. The molecule has 0 N–H and O–H groups in total. The van der Waals surface area contributed by atoms with Crippen LogP contribution in [0.5, 0.6) is 0 Å². The van der Waals surface area contributed by atoms with Gasteiger partial charge in [0, 0.05) is 0 Å². The standard InChI is InChI=1S/C18H15O6PTe3/c19-16(13-7-1-4-10-26-13)22-25(23-17(20)14-8-2-5-11-27-14)24-18(21)15-9-3-6-12-28-15/h1-15H. The predicted octanol–water partition coefficient (Wildman–Crippen LogP) is 2.57. The molecule has 0 aromatic heterocycles. The predicted molar refractivity (Wildman–Crippen MR) is 109 cm³/mol. The van der Waals surface area contributed by atoms with Crippen molar-refractivity contribution < 1.29 is 28.0 Å². The van der Waals surface area contributed by atoms with E-state index in [2.05, 4.69) is 0 Å². The normalized spacial score (nSPS) is 25.9. The molecule has 3 atom stereocenters. The Morgan fingerprint density at radius 3 is 1.14 bits per heavy atom. The van der Waals surface area contributed by atoms with Crippen LogP contribution in [0.3, 0.4) is 0 Å². The Hall–Kier alpha value is -0.351. The van der Waals surface area contributed by atoms with E-state index in [-0.39, 0.29) is 11.9 Å². The van der Waals surface area contributed by atoms with Crippen LogP contribution in [0.2, 0.25) is 11.9 Å². The van der Waals surface area contributed by atoms with Crippen molar-refractivity contribution in [3.05, 3.63) is 67.1 Å². The van der Waals surface area contributed by atoms with E-state index in [0.29, 0.717) is 0 Å². The second-order valence-corrected chi connectivity index (χ2v) is 15.3. The molecule has 3 rings (SSSR count). The maximum atomic E-state index is 12.4. The first kappa shape index (κ1) is 22.3. The second kappa shape index (κ2) is 11.7. The van der Waals surface area contributed by atoms with E-state index in [1.54, 1.807) is 36.5 Å². The minimum atomic E-state index is -2.41. The van der Waals surface area contributed by atoms with E-state index in [0.717, 1.165) is 0 Å². The summed E-state index contributed by atoms with van der Waals surface area (Å²) in [5, 5.41) is 0. The summed E-state index contributed by atoms with van der Waals surface area (Å²) in [5.74, 6) is -1.54. The molecule has 0 bridgehead atoms. The van der Waals surface area contributed by atoms with Gasteiger partial charge in [-0.3, -0.25) is 0 Å². The molecule has 0 saturated heterocycles. The van der Waals surface area contributed by atoms with E-state index >= 15 is 0 Å². The Labute approximate surface area is 194 Å². The Morgan fingerprint density at radius 2 is 0.893 bits per heavy atom. The fraction of sp³-hybridized carbons (Fsp3) is 0.167. The van der Waals surface area contributed by atoms with E-state index in [9.17, 15) is 14.4 Å². The van der Waals surface area contributed by atoms with Gasteiger partial charge < -0.3 is 0 Å². The molecule has 0 aliphatic carbocycles. The molecule has 3 aliphatic rings. The van der Waals surface area contributed by atoms with Crippen LogP contribution in [0.15, 0.2) is 67.1 Å². The van der Waals surface area contributed by atoms with Crippen LogP contribution < -0.4 is 0 Å². The van der Waals surface area contributed by atoms with Gasteiger partial charge in [0.25, 0.3) is 0 Å². The molecule has 146 valence electrons. The van der Waals surface area contributed by atoms with Crippen molar-refractivity contribution in [3.8, 4) is 0 Å². The van der Waals surface area contributed by atoms with Gasteiger partial charge in [-0.2, -0.15) is 0 Å². The molecular weight excluding hydrogens is 726 g/mol. The number of allylic oxidation sites excluding steroid dienone is 6. The van der Waals surface area contributed by atoms with Crippen LogP contribution in [0, 0.1) is 0 Å². The summed E-state index contributed by atoms with van der Waals surface area (Å²) in [7, 11) is -2.41. The van der Waals surface area contributed by atoms with Crippen LogP contribution in [0.25, 0.3) is 0 Å². The van der Waals surface area contributed by atoms with Crippen molar-refractivity contribution in [3.63, 3.8) is 0 Å². The molecular formula is C18H15O6PTe3. The number of hydrogen-bond acceptors (Lipinski definition) is 6. The topological polar surface area (TPSA) is 78.9 Å². The van der Waals surface area contributed by atoms with Gasteiger partial charge in [-0.25, -0.2) is 0 Å². The van der Waals surface area contributed by atoms with Crippen molar-refractivity contribution in [2.75, 3.05) is 0 Å². The fourth-order valence-corrected chi connectivity index (χ4v) is 9.47. The SMILES string of the molecule is O=C(OP(OC(=O)C1C=CC=C[Te]1)OC(=O)C1C=CC=C[Te]1)C1C=CC=C[Te]1. The van der Waals surface area contributed by atoms with E-state index in [1.165, 1.54) is 0 Å². The molecule has 0 aromatic carbocycles. The Balaban J connectivity index is 1.64. The third kappa shape index (κ3) is 6.86. The fourth-order valence-electron chi connectivity index (χ4n) is 1.99. The van der Waals surface area contributed by atoms with Crippen LogP contribution in [0.1, 0.15) is 0 Å². The van der Waals surface area contributed by atoms with Crippen molar-refractivity contribution in [1.82, 2.24) is 0 Å². The molecule has 28 heavy (non-hydrogen) atoms. The van der Waals surface area contributed by atoms with Gasteiger partial charge in [-0.1, -0.05) is 0 Å².